The highest BCUT2D eigenvalue weighted by atomic mass is 32.2. The Kier molecular flexibility index (Phi) is 4.06. The lowest BCUT2D eigenvalue weighted by Gasteiger charge is -2.31. The van der Waals surface area contributed by atoms with Crippen LogP contribution in [0.5, 0.6) is 0 Å². The minimum Gasteiger partial charge on any atom is -0.480 e. The average molecular weight is 315 g/mol. The topological polar surface area (TPSA) is 123 Å². The molecule has 116 valence electrons. The van der Waals surface area contributed by atoms with Gasteiger partial charge in [0.1, 0.15) is 16.6 Å². The Hall–Kier alpha value is -1.87. The third-order valence-electron chi connectivity index (χ3n) is 3.58. The molecule has 0 spiro atoms. The number of amides is 1. The first kappa shape index (κ1) is 15.5. The van der Waals surface area contributed by atoms with Gasteiger partial charge in [-0.25, -0.2) is 8.42 Å². The van der Waals surface area contributed by atoms with Gasteiger partial charge in [-0.3, -0.25) is 9.59 Å². The second-order valence-electron chi connectivity index (χ2n) is 5.00. The molecule has 0 aliphatic carbocycles. The predicted octanol–water partition coefficient (Wildman–Crippen LogP) is -0.248. The number of hydrogen-bond acceptors (Lipinski definition) is 4. The number of aryl methyl sites for hydroxylation is 1. The number of rotatable bonds is 4. The Labute approximate surface area is 122 Å². The number of nitrogens with two attached hydrogens (primary N) is 1. The lowest BCUT2D eigenvalue weighted by molar-refractivity contribution is -0.142. The molecule has 1 amide bonds. The lowest BCUT2D eigenvalue weighted by atomic mass is 10.1. The Morgan fingerprint density at radius 2 is 2.05 bits per heavy atom. The van der Waals surface area contributed by atoms with Gasteiger partial charge in [0.15, 0.2) is 0 Å². The van der Waals surface area contributed by atoms with E-state index in [4.69, 9.17) is 5.73 Å². The zero-order valence-corrected chi connectivity index (χ0v) is 12.3. The summed E-state index contributed by atoms with van der Waals surface area (Å²) < 4.78 is 27.5. The van der Waals surface area contributed by atoms with Crippen LogP contribution in [0.2, 0.25) is 0 Å². The molecule has 0 aromatic carbocycles. The molecule has 1 unspecified atom stereocenters. The van der Waals surface area contributed by atoms with Crippen LogP contribution in [-0.2, 0) is 21.9 Å². The smallest absolute Gasteiger partial charge is 0.322 e. The fourth-order valence-corrected chi connectivity index (χ4v) is 4.22. The summed E-state index contributed by atoms with van der Waals surface area (Å²) in [6, 6.07) is 0.103. The normalized spacial score (nSPS) is 20.3. The van der Waals surface area contributed by atoms with Gasteiger partial charge < -0.3 is 15.4 Å². The summed E-state index contributed by atoms with van der Waals surface area (Å²) in [6.07, 6.45) is 2.83. The summed E-state index contributed by atoms with van der Waals surface area (Å²) in [6.45, 7) is 0.153. The molecule has 9 heteroatoms. The Balaban J connectivity index is 2.43. The molecule has 0 saturated carbocycles. The van der Waals surface area contributed by atoms with Gasteiger partial charge in [-0.2, -0.15) is 4.31 Å². The highest BCUT2D eigenvalue weighted by Gasteiger charge is 2.38. The van der Waals surface area contributed by atoms with Crippen molar-refractivity contribution in [2.24, 2.45) is 12.8 Å². The van der Waals surface area contributed by atoms with E-state index in [1.807, 2.05) is 0 Å². The van der Waals surface area contributed by atoms with Crippen LogP contribution >= 0.6 is 0 Å². The molecule has 1 aliphatic heterocycles. The molecule has 1 fully saturated rings. The van der Waals surface area contributed by atoms with Crippen molar-refractivity contribution in [3.63, 3.8) is 0 Å². The van der Waals surface area contributed by atoms with E-state index in [1.165, 1.54) is 23.9 Å². The number of aromatic nitrogens is 1. The maximum Gasteiger partial charge on any atom is 0.322 e. The molecule has 1 aromatic heterocycles. The van der Waals surface area contributed by atoms with E-state index in [0.29, 0.717) is 12.8 Å². The number of carbonyl (C=O) groups excluding carboxylic acids is 1. The average Bonchev–Trinajstić information content (AvgIpc) is 2.81. The van der Waals surface area contributed by atoms with Gasteiger partial charge in [0.05, 0.1) is 0 Å². The number of aliphatic carboxylic acids is 1. The molecule has 1 aromatic rings. The summed E-state index contributed by atoms with van der Waals surface area (Å²) in [5.74, 6) is -1.91. The van der Waals surface area contributed by atoms with Gasteiger partial charge in [-0.15, -0.1) is 0 Å². The van der Waals surface area contributed by atoms with Crippen molar-refractivity contribution in [2.45, 2.75) is 30.2 Å². The van der Waals surface area contributed by atoms with E-state index >= 15 is 0 Å². The van der Waals surface area contributed by atoms with Crippen LogP contribution in [0.4, 0.5) is 0 Å². The minimum atomic E-state index is -3.97. The maximum absolute atomic E-state index is 12.6. The predicted molar refractivity (Wildman–Crippen MR) is 73.1 cm³/mol. The van der Waals surface area contributed by atoms with Crippen LogP contribution < -0.4 is 5.73 Å². The number of carbonyl (C=O) groups is 2. The molecule has 0 bridgehead atoms. The van der Waals surface area contributed by atoms with Gasteiger partial charge in [0.25, 0.3) is 5.91 Å². The first-order valence-electron chi connectivity index (χ1n) is 6.46. The van der Waals surface area contributed by atoms with Crippen LogP contribution in [0.25, 0.3) is 0 Å². The zero-order chi connectivity index (χ0) is 15.8. The number of carboxylic acids is 1. The first-order valence-corrected chi connectivity index (χ1v) is 7.90. The zero-order valence-electron chi connectivity index (χ0n) is 11.5. The highest BCUT2D eigenvalue weighted by Crippen LogP contribution is 2.26. The highest BCUT2D eigenvalue weighted by molar-refractivity contribution is 7.89. The number of piperidine rings is 1. The van der Waals surface area contributed by atoms with Gasteiger partial charge in [-0.05, 0) is 25.3 Å². The summed E-state index contributed by atoms with van der Waals surface area (Å²) in [4.78, 5) is 22.3. The van der Waals surface area contributed by atoms with Crippen molar-refractivity contribution in [3.8, 4) is 0 Å². The van der Waals surface area contributed by atoms with E-state index < -0.39 is 27.9 Å². The van der Waals surface area contributed by atoms with Gasteiger partial charge in [0.2, 0.25) is 10.0 Å². The van der Waals surface area contributed by atoms with E-state index in [9.17, 15) is 23.1 Å². The fraction of sp³-hybridized carbons (Fsp3) is 0.500. The number of sulfonamides is 1. The third kappa shape index (κ3) is 2.79. The Morgan fingerprint density at radius 1 is 1.38 bits per heavy atom. The van der Waals surface area contributed by atoms with Gasteiger partial charge in [0, 0.05) is 19.8 Å². The van der Waals surface area contributed by atoms with E-state index in [2.05, 4.69) is 0 Å². The second-order valence-corrected chi connectivity index (χ2v) is 6.89. The summed E-state index contributed by atoms with van der Waals surface area (Å²) in [7, 11) is -2.46. The van der Waals surface area contributed by atoms with Crippen molar-refractivity contribution in [3.05, 3.63) is 18.0 Å². The largest absolute Gasteiger partial charge is 0.480 e. The summed E-state index contributed by atoms with van der Waals surface area (Å²) in [5, 5.41) is 9.18. The van der Waals surface area contributed by atoms with E-state index in [0.717, 1.165) is 4.31 Å². The Morgan fingerprint density at radius 3 is 2.57 bits per heavy atom. The standard InChI is InChI=1S/C12H17N3O5S/c1-14-7-8(6-10(14)11(13)16)21(19,20)15-5-3-2-4-9(15)12(17)18/h6-7,9H,2-5H2,1H3,(H2,13,16)(H,17,18). The third-order valence-corrected chi connectivity index (χ3v) is 5.45. The van der Waals surface area contributed by atoms with Crippen LogP contribution in [-0.4, -0.2) is 46.9 Å². The van der Waals surface area contributed by atoms with Gasteiger partial charge >= 0.3 is 5.97 Å². The number of hydrogen-bond donors (Lipinski definition) is 2. The quantitative estimate of drug-likeness (QED) is 0.793. The summed E-state index contributed by atoms with van der Waals surface area (Å²) >= 11 is 0. The van der Waals surface area contributed by atoms with Crippen molar-refractivity contribution in [1.29, 1.82) is 0 Å². The summed E-state index contributed by atoms with van der Waals surface area (Å²) in [5.41, 5.74) is 5.22. The van der Waals surface area contributed by atoms with Crippen molar-refractivity contribution >= 4 is 21.9 Å². The van der Waals surface area contributed by atoms with E-state index in [1.54, 1.807) is 0 Å². The molecule has 2 heterocycles. The SMILES string of the molecule is Cn1cc(S(=O)(=O)N2CCCCC2C(=O)O)cc1C(N)=O. The van der Waals surface area contributed by atoms with E-state index in [-0.39, 0.29) is 23.6 Å². The van der Waals surface area contributed by atoms with Crippen molar-refractivity contribution in [1.82, 2.24) is 8.87 Å². The molecular formula is C12H17N3O5S. The lowest BCUT2D eigenvalue weighted by Crippen LogP contribution is -2.47. The van der Waals surface area contributed by atoms with Crippen LogP contribution in [0.1, 0.15) is 29.8 Å². The monoisotopic (exact) mass is 315 g/mol. The molecule has 1 saturated heterocycles. The van der Waals surface area contributed by atoms with Crippen LogP contribution in [0, 0.1) is 0 Å². The number of carboxylic acid groups (broad SMARTS) is 1. The maximum atomic E-state index is 12.6. The van der Waals surface area contributed by atoms with Crippen LogP contribution in [0.3, 0.4) is 0 Å². The molecule has 0 radical (unpaired) electrons. The molecule has 8 nitrogen and oxygen atoms in total. The minimum absolute atomic E-state index is 0.0532. The molecule has 1 atom stereocenters. The number of nitrogens with zero attached hydrogens (tertiary/aromatic N) is 2. The van der Waals surface area contributed by atoms with Crippen LogP contribution in [0.15, 0.2) is 17.2 Å². The Bertz CT molecular complexity index is 679. The molecule has 21 heavy (non-hydrogen) atoms. The molecule has 1 aliphatic rings. The van der Waals surface area contributed by atoms with Gasteiger partial charge in [-0.1, -0.05) is 0 Å². The molecular weight excluding hydrogens is 298 g/mol. The molecule has 2 rings (SSSR count). The fourth-order valence-electron chi connectivity index (χ4n) is 2.50. The molecule has 3 N–H and O–H groups in total. The second kappa shape index (κ2) is 5.49. The van der Waals surface area contributed by atoms with Crippen molar-refractivity contribution < 1.29 is 23.1 Å². The van der Waals surface area contributed by atoms with Crippen molar-refractivity contribution in [2.75, 3.05) is 6.54 Å². The number of primary amides is 1. The first-order chi connectivity index (χ1) is 9.75.